The maximum Gasteiger partial charge on any atom is 0.409 e. The smallest absolute Gasteiger partial charge is 0.409 e. The van der Waals surface area contributed by atoms with Gasteiger partial charge in [-0.1, -0.05) is 28.1 Å². The van der Waals surface area contributed by atoms with Crippen LogP contribution in [-0.4, -0.2) is 37.3 Å². The van der Waals surface area contributed by atoms with Gasteiger partial charge in [0.2, 0.25) is 0 Å². The molecule has 1 amide bonds. The summed E-state index contributed by atoms with van der Waals surface area (Å²) in [6.07, 6.45) is -0.334. The Bertz CT molecular complexity index is 407. The van der Waals surface area contributed by atoms with Gasteiger partial charge in [-0.2, -0.15) is 0 Å². The third-order valence-corrected chi connectivity index (χ3v) is 3.36. The number of carbonyl (C=O) groups excluding carboxylic acids is 1. The van der Waals surface area contributed by atoms with Gasteiger partial charge in [0.15, 0.2) is 0 Å². The third kappa shape index (κ3) is 3.23. The molecular weight excluding hydrogens is 298 g/mol. The minimum Gasteiger partial charge on any atom is -0.450 e. The molecule has 1 aromatic rings. The van der Waals surface area contributed by atoms with Gasteiger partial charge >= 0.3 is 6.09 Å². The van der Waals surface area contributed by atoms with Gasteiger partial charge < -0.3 is 14.4 Å². The Morgan fingerprint density at radius 3 is 2.89 bits per heavy atom. The second kappa shape index (κ2) is 6.20. The van der Waals surface area contributed by atoms with E-state index in [1.54, 1.807) is 4.90 Å². The minimum atomic E-state index is -0.261. The van der Waals surface area contributed by atoms with Crippen LogP contribution < -0.4 is 0 Å². The van der Waals surface area contributed by atoms with Crippen molar-refractivity contribution in [3.8, 4) is 0 Å². The summed E-state index contributed by atoms with van der Waals surface area (Å²) in [6.45, 7) is 3.88. The number of rotatable bonds is 2. The number of carbonyl (C=O) groups is 1. The van der Waals surface area contributed by atoms with E-state index in [1.807, 2.05) is 31.2 Å². The molecule has 18 heavy (non-hydrogen) atoms. The molecule has 0 radical (unpaired) electrons. The van der Waals surface area contributed by atoms with Gasteiger partial charge in [-0.25, -0.2) is 4.79 Å². The Morgan fingerprint density at radius 2 is 2.22 bits per heavy atom. The molecule has 98 valence electrons. The molecule has 0 aliphatic carbocycles. The number of nitrogens with zero attached hydrogens (tertiary/aromatic N) is 1. The van der Waals surface area contributed by atoms with E-state index in [-0.39, 0.29) is 12.2 Å². The quantitative estimate of drug-likeness (QED) is 0.842. The van der Waals surface area contributed by atoms with Crippen LogP contribution in [-0.2, 0) is 9.47 Å². The first-order valence-electron chi connectivity index (χ1n) is 5.99. The summed E-state index contributed by atoms with van der Waals surface area (Å²) < 4.78 is 11.7. The summed E-state index contributed by atoms with van der Waals surface area (Å²) in [7, 11) is 0. The number of amides is 1. The lowest BCUT2D eigenvalue weighted by atomic mass is 10.1. The molecular formula is C13H16BrNO3. The predicted molar refractivity (Wildman–Crippen MR) is 71.4 cm³/mol. The first-order chi connectivity index (χ1) is 8.70. The summed E-state index contributed by atoms with van der Waals surface area (Å²) in [6, 6.07) is 7.96. The topological polar surface area (TPSA) is 38.8 Å². The summed E-state index contributed by atoms with van der Waals surface area (Å²) >= 11 is 3.40. The first-order valence-corrected chi connectivity index (χ1v) is 6.78. The van der Waals surface area contributed by atoms with Gasteiger partial charge in [-0.05, 0) is 24.6 Å². The van der Waals surface area contributed by atoms with E-state index in [2.05, 4.69) is 15.9 Å². The number of hydrogen-bond acceptors (Lipinski definition) is 3. The van der Waals surface area contributed by atoms with Crippen LogP contribution in [0.5, 0.6) is 0 Å². The van der Waals surface area contributed by atoms with Gasteiger partial charge in [0.05, 0.1) is 19.8 Å². The van der Waals surface area contributed by atoms with Crippen LogP contribution in [0.4, 0.5) is 4.79 Å². The van der Waals surface area contributed by atoms with Crippen LogP contribution in [0.3, 0.4) is 0 Å². The number of benzene rings is 1. The largest absolute Gasteiger partial charge is 0.450 e. The van der Waals surface area contributed by atoms with Crippen molar-refractivity contribution < 1.29 is 14.3 Å². The van der Waals surface area contributed by atoms with Gasteiger partial charge in [0, 0.05) is 11.0 Å². The first kappa shape index (κ1) is 13.4. The molecule has 1 atom stereocenters. The highest BCUT2D eigenvalue weighted by atomic mass is 79.9. The maximum atomic E-state index is 11.7. The molecule has 1 fully saturated rings. The highest BCUT2D eigenvalue weighted by Crippen LogP contribution is 2.24. The Kier molecular flexibility index (Phi) is 4.60. The fourth-order valence-electron chi connectivity index (χ4n) is 1.91. The zero-order valence-electron chi connectivity index (χ0n) is 10.3. The molecule has 4 nitrogen and oxygen atoms in total. The highest BCUT2D eigenvalue weighted by Gasteiger charge is 2.25. The van der Waals surface area contributed by atoms with Crippen LogP contribution in [0, 0.1) is 0 Å². The molecule has 1 aromatic carbocycles. The molecule has 0 aromatic heterocycles. The standard InChI is InChI=1S/C13H16BrNO3/c1-2-17-13(16)15-7-8-18-12(9-15)10-3-5-11(14)6-4-10/h3-6,12H,2,7-9H2,1H3/t12-/m0/s1. The van der Waals surface area contributed by atoms with Crippen molar-refractivity contribution in [3.05, 3.63) is 34.3 Å². The second-order valence-corrected chi connectivity index (χ2v) is 4.97. The molecule has 1 aliphatic heterocycles. The monoisotopic (exact) mass is 313 g/mol. The van der Waals surface area contributed by atoms with E-state index >= 15 is 0 Å². The summed E-state index contributed by atoms with van der Waals surface area (Å²) in [5, 5.41) is 0. The molecule has 0 saturated carbocycles. The van der Waals surface area contributed by atoms with Crippen LogP contribution in [0.15, 0.2) is 28.7 Å². The molecule has 2 rings (SSSR count). The fourth-order valence-corrected chi connectivity index (χ4v) is 2.17. The van der Waals surface area contributed by atoms with E-state index in [4.69, 9.17) is 9.47 Å². The Balaban J connectivity index is 2.02. The molecule has 0 spiro atoms. The molecule has 0 bridgehead atoms. The van der Waals surface area contributed by atoms with Crippen LogP contribution >= 0.6 is 15.9 Å². The molecule has 0 unspecified atom stereocenters. The average Bonchev–Trinajstić information content (AvgIpc) is 2.40. The van der Waals surface area contributed by atoms with E-state index in [9.17, 15) is 4.79 Å². The van der Waals surface area contributed by atoms with Crippen molar-refractivity contribution in [2.45, 2.75) is 13.0 Å². The van der Waals surface area contributed by atoms with E-state index in [0.29, 0.717) is 26.3 Å². The summed E-state index contributed by atoms with van der Waals surface area (Å²) in [5.74, 6) is 0. The van der Waals surface area contributed by atoms with Crippen molar-refractivity contribution in [2.24, 2.45) is 0 Å². The second-order valence-electron chi connectivity index (χ2n) is 4.06. The van der Waals surface area contributed by atoms with Gasteiger partial charge in [-0.15, -0.1) is 0 Å². The molecule has 5 heteroatoms. The maximum absolute atomic E-state index is 11.7. The Hall–Kier alpha value is -1.07. The molecule has 1 heterocycles. The summed E-state index contributed by atoms with van der Waals surface area (Å²) in [5.41, 5.74) is 1.08. The SMILES string of the molecule is CCOC(=O)N1CCO[C@H](c2ccc(Br)cc2)C1. The number of halogens is 1. The number of morpholine rings is 1. The number of ether oxygens (including phenoxy) is 2. The zero-order chi connectivity index (χ0) is 13.0. The lowest BCUT2D eigenvalue weighted by Gasteiger charge is -2.32. The molecule has 0 N–H and O–H groups in total. The summed E-state index contributed by atoms with van der Waals surface area (Å²) in [4.78, 5) is 13.4. The van der Waals surface area contributed by atoms with Crippen LogP contribution in [0.1, 0.15) is 18.6 Å². The lowest BCUT2D eigenvalue weighted by Crippen LogP contribution is -2.42. The van der Waals surface area contributed by atoms with Crippen LogP contribution in [0.25, 0.3) is 0 Å². The van der Waals surface area contributed by atoms with Crippen LogP contribution in [0.2, 0.25) is 0 Å². The minimum absolute atomic E-state index is 0.0729. The number of hydrogen-bond donors (Lipinski definition) is 0. The van der Waals surface area contributed by atoms with Crippen molar-refractivity contribution >= 4 is 22.0 Å². The zero-order valence-corrected chi connectivity index (χ0v) is 11.9. The average molecular weight is 314 g/mol. The van der Waals surface area contributed by atoms with Crippen molar-refractivity contribution in [3.63, 3.8) is 0 Å². The highest BCUT2D eigenvalue weighted by molar-refractivity contribution is 9.10. The van der Waals surface area contributed by atoms with Gasteiger partial charge in [0.25, 0.3) is 0 Å². The lowest BCUT2D eigenvalue weighted by molar-refractivity contribution is -0.0279. The normalized spacial score (nSPS) is 19.7. The van der Waals surface area contributed by atoms with E-state index < -0.39 is 0 Å². The molecule has 1 aliphatic rings. The van der Waals surface area contributed by atoms with Gasteiger partial charge in [-0.3, -0.25) is 0 Å². The predicted octanol–water partition coefficient (Wildman–Crippen LogP) is 2.98. The third-order valence-electron chi connectivity index (χ3n) is 2.83. The van der Waals surface area contributed by atoms with Crippen molar-refractivity contribution in [2.75, 3.05) is 26.3 Å². The van der Waals surface area contributed by atoms with E-state index in [0.717, 1.165) is 10.0 Å². The Morgan fingerprint density at radius 1 is 1.50 bits per heavy atom. The molecule has 1 saturated heterocycles. The van der Waals surface area contributed by atoms with Gasteiger partial charge in [0.1, 0.15) is 6.10 Å². The van der Waals surface area contributed by atoms with E-state index in [1.165, 1.54) is 0 Å². The van der Waals surface area contributed by atoms with Crippen molar-refractivity contribution in [1.29, 1.82) is 0 Å². The fraction of sp³-hybridized carbons (Fsp3) is 0.462. The van der Waals surface area contributed by atoms with Crippen molar-refractivity contribution in [1.82, 2.24) is 4.90 Å². The Labute approximate surface area is 115 Å².